The van der Waals surface area contributed by atoms with Crippen molar-refractivity contribution in [3.05, 3.63) is 125 Å². The number of carbonyl (C=O) groups is 3. The van der Waals surface area contributed by atoms with Crippen LogP contribution in [0.1, 0.15) is 28.2 Å². The molecule has 0 bridgehead atoms. The number of aliphatic carboxylic acids is 2. The molecule has 9 nitrogen and oxygen atoms in total. The zero-order valence-electron chi connectivity index (χ0n) is 23.6. The van der Waals surface area contributed by atoms with Crippen LogP contribution in [0, 0.1) is 0 Å². The van der Waals surface area contributed by atoms with Gasteiger partial charge in [-0.3, -0.25) is 4.79 Å². The number of para-hydroxylation sites is 1. The number of carboxylic acid groups (broad SMARTS) is 2. The molecule has 220 valence electrons. The second kappa shape index (κ2) is 13.2. The SMILES string of the molecule is COc1ccccc1C[C@@H](C(=O)O)N(NC(Cc1ccccc1)C(=O)O)C(=O)OCC1c2ccccc2-c2ccccc21. The normalized spacial score (nSPS) is 13.3. The molecule has 1 amide bonds. The molecule has 0 radical (unpaired) electrons. The molecule has 0 heterocycles. The summed E-state index contributed by atoms with van der Waals surface area (Å²) < 4.78 is 11.2. The van der Waals surface area contributed by atoms with Gasteiger partial charge in [0.05, 0.1) is 7.11 Å². The van der Waals surface area contributed by atoms with Gasteiger partial charge in [0.15, 0.2) is 6.04 Å². The van der Waals surface area contributed by atoms with E-state index in [2.05, 4.69) is 5.43 Å². The minimum absolute atomic E-state index is 0.00429. The smallest absolute Gasteiger partial charge is 0.425 e. The number of fused-ring (bicyclic) bond motifs is 3. The lowest BCUT2D eigenvalue weighted by Crippen LogP contribution is -2.59. The van der Waals surface area contributed by atoms with Gasteiger partial charge in [-0.25, -0.2) is 20.0 Å². The maximum Gasteiger partial charge on any atom is 0.425 e. The van der Waals surface area contributed by atoms with Crippen LogP contribution in [0.15, 0.2) is 103 Å². The first-order valence-electron chi connectivity index (χ1n) is 13.9. The van der Waals surface area contributed by atoms with Crippen molar-refractivity contribution in [1.82, 2.24) is 10.4 Å². The van der Waals surface area contributed by atoms with Crippen molar-refractivity contribution in [3.63, 3.8) is 0 Å². The number of hydrogen-bond acceptors (Lipinski definition) is 6. The Morgan fingerprint density at radius 1 is 0.767 bits per heavy atom. The Morgan fingerprint density at radius 2 is 1.35 bits per heavy atom. The van der Waals surface area contributed by atoms with E-state index < -0.39 is 30.1 Å². The van der Waals surface area contributed by atoms with Gasteiger partial charge in [0.1, 0.15) is 18.4 Å². The van der Waals surface area contributed by atoms with E-state index in [1.165, 1.54) is 7.11 Å². The molecule has 0 saturated carbocycles. The third-order valence-electron chi connectivity index (χ3n) is 7.61. The molecule has 0 spiro atoms. The van der Waals surface area contributed by atoms with E-state index in [4.69, 9.17) is 9.47 Å². The summed E-state index contributed by atoms with van der Waals surface area (Å²) in [4.78, 5) is 38.8. The number of carboxylic acids is 2. The van der Waals surface area contributed by atoms with Gasteiger partial charge in [-0.15, -0.1) is 0 Å². The van der Waals surface area contributed by atoms with Crippen molar-refractivity contribution in [1.29, 1.82) is 0 Å². The van der Waals surface area contributed by atoms with Crippen LogP contribution < -0.4 is 10.2 Å². The number of nitrogens with one attached hydrogen (secondary N) is 1. The second-order valence-electron chi connectivity index (χ2n) is 10.3. The molecule has 1 unspecified atom stereocenters. The minimum atomic E-state index is -1.51. The molecule has 0 fully saturated rings. The summed E-state index contributed by atoms with van der Waals surface area (Å²) in [5.74, 6) is -2.41. The molecular formula is C34H32N2O7. The van der Waals surface area contributed by atoms with Gasteiger partial charge in [0.2, 0.25) is 0 Å². The zero-order valence-corrected chi connectivity index (χ0v) is 23.6. The Bertz CT molecular complexity index is 1560. The number of ether oxygens (including phenoxy) is 2. The van der Waals surface area contributed by atoms with Crippen LogP contribution in [-0.4, -0.2) is 59.1 Å². The fraction of sp³-hybridized carbons (Fsp3) is 0.206. The molecule has 0 aliphatic heterocycles. The third-order valence-corrected chi connectivity index (χ3v) is 7.61. The van der Waals surface area contributed by atoms with E-state index >= 15 is 0 Å². The number of nitrogens with zero attached hydrogens (tertiary/aromatic N) is 1. The summed E-state index contributed by atoms with van der Waals surface area (Å²) in [6, 6.07) is 28.6. The van der Waals surface area contributed by atoms with Gasteiger partial charge in [-0.1, -0.05) is 97.1 Å². The van der Waals surface area contributed by atoms with Crippen LogP contribution in [-0.2, 0) is 27.2 Å². The Hall–Kier alpha value is -5.15. The Labute approximate surface area is 249 Å². The number of carbonyl (C=O) groups excluding carboxylic acids is 1. The second-order valence-corrected chi connectivity index (χ2v) is 10.3. The van der Waals surface area contributed by atoms with Gasteiger partial charge in [-0.05, 0) is 39.4 Å². The number of benzene rings is 4. The predicted molar refractivity (Wildman–Crippen MR) is 160 cm³/mol. The van der Waals surface area contributed by atoms with Crippen molar-refractivity contribution in [3.8, 4) is 16.9 Å². The highest BCUT2D eigenvalue weighted by Gasteiger charge is 2.37. The van der Waals surface area contributed by atoms with E-state index in [9.17, 15) is 24.6 Å². The summed E-state index contributed by atoms with van der Waals surface area (Å²) in [5, 5.41) is 21.2. The lowest BCUT2D eigenvalue weighted by molar-refractivity contribution is -0.148. The average molecular weight is 581 g/mol. The summed E-state index contributed by atoms with van der Waals surface area (Å²) in [6.07, 6.45) is -1.15. The van der Waals surface area contributed by atoms with Crippen molar-refractivity contribution in [2.24, 2.45) is 0 Å². The summed E-state index contributed by atoms with van der Waals surface area (Å²) >= 11 is 0. The monoisotopic (exact) mass is 580 g/mol. The summed E-state index contributed by atoms with van der Waals surface area (Å²) in [5.41, 5.74) is 8.00. The van der Waals surface area contributed by atoms with Crippen molar-refractivity contribution < 1.29 is 34.1 Å². The van der Waals surface area contributed by atoms with Gasteiger partial charge >= 0.3 is 18.0 Å². The fourth-order valence-electron chi connectivity index (χ4n) is 5.51. The van der Waals surface area contributed by atoms with Crippen LogP contribution >= 0.6 is 0 Å². The first kappa shape index (κ1) is 29.3. The number of hydrogen-bond donors (Lipinski definition) is 3. The highest BCUT2D eigenvalue weighted by Crippen LogP contribution is 2.44. The average Bonchev–Trinajstić information content (AvgIpc) is 3.35. The summed E-state index contributed by atoms with van der Waals surface area (Å²) in [7, 11) is 1.47. The van der Waals surface area contributed by atoms with Crippen LogP contribution in [0.2, 0.25) is 0 Å². The van der Waals surface area contributed by atoms with E-state index in [0.29, 0.717) is 16.9 Å². The molecule has 3 N–H and O–H groups in total. The highest BCUT2D eigenvalue weighted by atomic mass is 16.6. The molecule has 43 heavy (non-hydrogen) atoms. The molecule has 4 aromatic rings. The molecule has 1 aliphatic rings. The maximum absolute atomic E-state index is 13.8. The maximum atomic E-state index is 13.8. The van der Waals surface area contributed by atoms with Crippen LogP contribution in [0.25, 0.3) is 11.1 Å². The standard InChI is InChI=1S/C34H32N2O7/c1-42-31-18-10-5-13-23(31)20-30(33(39)40)36(35-29(32(37)38)19-22-11-3-2-4-12-22)34(41)43-21-28-26-16-8-6-14-24(26)25-15-7-9-17-27(25)28/h2-18,28-30,35H,19-21H2,1H3,(H,37,38)(H,39,40)/t29?,30-/m0/s1. The van der Waals surface area contributed by atoms with Crippen molar-refractivity contribution in [2.45, 2.75) is 30.8 Å². The van der Waals surface area contributed by atoms with Crippen LogP contribution in [0.5, 0.6) is 5.75 Å². The van der Waals surface area contributed by atoms with Crippen LogP contribution in [0.4, 0.5) is 4.79 Å². The molecule has 2 atom stereocenters. The van der Waals surface area contributed by atoms with Crippen molar-refractivity contribution >= 4 is 18.0 Å². The minimum Gasteiger partial charge on any atom is -0.496 e. The van der Waals surface area contributed by atoms with Gasteiger partial charge in [-0.2, -0.15) is 0 Å². The Balaban J connectivity index is 1.44. The largest absolute Gasteiger partial charge is 0.496 e. The van der Waals surface area contributed by atoms with Crippen molar-refractivity contribution in [2.75, 3.05) is 13.7 Å². The molecule has 4 aromatic carbocycles. The number of methoxy groups -OCH3 is 1. The van der Waals surface area contributed by atoms with Gasteiger partial charge < -0.3 is 19.7 Å². The zero-order chi connectivity index (χ0) is 30.3. The molecule has 0 aromatic heterocycles. The van der Waals surface area contributed by atoms with E-state index in [0.717, 1.165) is 27.3 Å². The number of rotatable bonds is 12. The van der Waals surface area contributed by atoms with Crippen LogP contribution in [0.3, 0.4) is 0 Å². The Morgan fingerprint density at radius 3 is 1.95 bits per heavy atom. The summed E-state index contributed by atoms with van der Waals surface area (Å²) in [6.45, 7) is -0.0670. The lowest BCUT2D eigenvalue weighted by Gasteiger charge is -2.32. The highest BCUT2D eigenvalue weighted by molar-refractivity contribution is 5.82. The molecule has 1 aliphatic carbocycles. The third kappa shape index (κ3) is 6.52. The predicted octanol–water partition coefficient (Wildman–Crippen LogP) is 5.14. The lowest BCUT2D eigenvalue weighted by atomic mass is 9.98. The molecule has 9 heteroatoms. The molecule has 5 rings (SSSR count). The quantitative estimate of drug-likeness (QED) is 0.197. The molecule has 0 saturated heterocycles. The van der Waals surface area contributed by atoms with Gasteiger partial charge in [0.25, 0.3) is 0 Å². The molecular weight excluding hydrogens is 548 g/mol. The number of hydrazine groups is 1. The first-order chi connectivity index (χ1) is 20.9. The van der Waals surface area contributed by atoms with E-state index in [-0.39, 0.29) is 25.4 Å². The van der Waals surface area contributed by atoms with Gasteiger partial charge in [0, 0.05) is 18.8 Å². The Kier molecular flexibility index (Phi) is 9.02. The number of amides is 1. The topological polar surface area (TPSA) is 125 Å². The first-order valence-corrected chi connectivity index (χ1v) is 13.9. The van der Waals surface area contributed by atoms with E-state index in [1.807, 2.05) is 54.6 Å². The van der Waals surface area contributed by atoms with E-state index in [1.54, 1.807) is 48.5 Å². The fourth-order valence-corrected chi connectivity index (χ4v) is 5.51.